The van der Waals surface area contributed by atoms with Crippen molar-refractivity contribution in [1.29, 1.82) is 0 Å². The second-order valence-corrected chi connectivity index (χ2v) is 8.74. The molecule has 8 heteroatoms. The Morgan fingerprint density at radius 3 is 2.88 bits per heavy atom. The lowest BCUT2D eigenvalue weighted by Crippen LogP contribution is -2.43. The quantitative estimate of drug-likeness (QED) is 0.470. The highest BCUT2D eigenvalue weighted by molar-refractivity contribution is 6.30. The standard InChI is InChI=1S/C25H29ClN4O3/c1-32-22-9-3-2-6-18(22)7-4-14-27-25(31)20-8-5-15-30(16-20)17-23-28-24(29-33-23)19-10-12-21(26)13-11-19/h2-3,6,9-13,20H,4-5,7-8,14-17H2,1H3,(H,27,31). The van der Waals surface area contributed by atoms with Crippen molar-refractivity contribution < 1.29 is 14.1 Å². The molecule has 2 heterocycles. The lowest BCUT2D eigenvalue weighted by atomic mass is 9.97. The smallest absolute Gasteiger partial charge is 0.241 e. The highest BCUT2D eigenvalue weighted by Crippen LogP contribution is 2.22. The SMILES string of the molecule is COc1ccccc1CCCNC(=O)C1CCCN(Cc2nc(-c3ccc(Cl)cc3)no2)C1. The van der Waals surface area contributed by atoms with E-state index in [0.29, 0.717) is 36.4 Å². The van der Waals surface area contributed by atoms with Crippen LogP contribution in [0.5, 0.6) is 5.75 Å². The van der Waals surface area contributed by atoms with E-state index in [1.165, 1.54) is 0 Å². The van der Waals surface area contributed by atoms with E-state index in [1.807, 2.05) is 30.3 Å². The number of carbonyl (C=O) groups excluding carboxylic acids is 1. The van der Waals surface area contributed by atoms with Crippen molar-refractivity contribution in [1.82, 2.24) is 20.4 Å². The summed E-state index contributed by atoms with van der Waals surface area (Å²) < 4.78 is 10.8. The van der Waals surface area contributed by atoms with Crippen LogP contribution in [0, 0.1) is 5.92 Å². The highest BCUT2D eigenvalue weighted by Gasteiger charge is 2.26. The molecule has 174 valence electrons. The normalized spacial score (nSPS) is 16.5. The summed E-state index contributed by atoms with van der Waals surface area (Å²) in [5.74, 6) is 2.09. The van der Waals surface area contributed by atoms with Gasteiger partial charge in [0.25, 0.3) is 0 Å². The largest absolute Gasteiger partial charge is 0.496 e. The van der Waals surface area contributed by atoms with E-state index >= 15 is 0 Å². The summed E-state index contributed by atoms with van der Waals surface area (Å²) in [4.78, 5) is 19.4. The van der Waals surface area contributed by atoms with Gasteiger partial charge in [-0.3, -0.25) is 9.69 Å². The Morgan fingerprint density at radius 2 is 2.06 bits per heavy atom. The molecule has 1 unspecified atom stereocenters. The van der Waals surface area contributed by atoms with Crippen LogP contribution in [0.2, 0.25) is 5.02 Å². The maximum Gasteiger partial charge on any atom is 0.241 e. The van der Waals surface area contributed by atoms with Gasteiger partial charge in [0, 0.05) is 23.7 Å². The molecule has 0 bridgehead atoms. The van der Waals surface area contributed by atoms with Gasteiger partial charge in [0.2, 0.25) is 17.6 Å². The van der Waals surface area contributed by atoms with Crippen molar-refractivity contribution in [2.75, 3.05) is 26.7 Å². The summed E-state index contributed by atoms with van der Waals surface area (Å²) in [5, 5.41) is 7.85. The third kappa shape index (κ3) is 6.33. The van der Waals surface area contributed by atoms with Crippen LogP contribution in [0.15, 0.2) is 53.1 Å². The minimum atomic E-state index is -0.0244. The monoisotopic (exact) mass is 468 g/mol. The fraction of sp³-hybridized carbons (Fsp3) is 0.400. The summed E-state index contributed by atoms with van der Waals surface area (Å²) in [6, 6.07) is 15.3. The molecule has 0 saturated carbocycles. The van der Waals surface area contributed by atoms with E-state index in [9.17, 15) is 4.79 Å². The minimum absolute atomic E-state index is 0.0244. The first-order chi connectivity index (χ1) is 16.1. The summed E-state index contributed by atoms with van der Waals surface area (Å²) in [5.41, 5.74) is 2.02. The molecular formula is C25H29ClN4O3. The summed E-state index contributed by atoms with van der Waals surface area (Å²) in [7, 11) is 1.68. The first-order valence-electron chi connectivity index (χ1n) is 11.3. The zero-order valence-electron chi connectivity index (χ0n) is 18.8. The number of para-hydroxylation sites is 1. The number of hydrogen-bond acceptors (Lipinski definition) is 6. The number of aryl methyl sites for hydroxylation is 1. The number of rotatable bonds is 9. The second kappa shape index (κ2) is 11.3. The van der Waals surface area contributed by atoms with Gasteiger partial charge in [0.05, 0.1) is 19.6 Å². The molecule has 4 rings (SSSR count). The first kappa shape index (κ1) is 23.3. The number of benzene rings is 2. The van der Waals surface area contributed by atoms with E-state index in [0.717, 1.165) is 49.1 Å². The number of amides is 1. The number of methoxy groups -OCH3 is 1. The maximum atomic E-state index is 12.7. The molecule has 3 aromatic rings. The number of ether oxygens (including phenoxy) is 1. The number of nitrogens with zero attached hydrogens (tertiary/aromatic N) is 3. The number of piperidine rings is 1. The van der Waals surface area contributed by atoms with Crippen molar-refractivity contribution in [3.05, 3.63) is 65.0 Å². The molecule has 1 fully saturated rings. The first-order valence-corrected chi connectivity index (χ1v) is 11.7. The number of likely N-dealkylation sites (tertiary alicyclic amines) is 1. The molecule has 1 amide bonds. The predicted octanol–water partition coefficient (Wildman–Crippen LogP) is 4.36. The van der Waals surface area contributed by atoms with Crippen LogP contribution in [-0.2, 0) is 17.8 Å². The van der Waals surface area contributed by atoms with Crippen LogP contribution in [-0.4, -0.2) is 47.7 Å². The van der Waals surface area contributed by atoms with Gasteiger partial charge in [-0.05, 0) is 68.1 Å². The zero-order valence-corrected chi connectivity index (χ0v) is 19.6. The van der Waals surface area contributed by atoms with Crippen LogP contribution >= 0.6 is 11.6 Å². The Kier molecular flexibility index (Phi) is 7.96. The zero-order chi connectivity index (χ0) is 23.0. The number of halogens is 1. The van der Waals surface area contributed by atoms with Crippen LogP contribution in [0.25, 0.3) is 11.4 Å². The van der Waals surface area contributed by atoms with Crippen molar-refractivity contribution in [2.45, 2.75) is 32.2 Å². The van der Waals surface area contributed by atoms with Crippen LogP contribution in [0.3, 0.4) is 0 Å². The number of hydrogen-bond donors (Lipinski definition) is 1. The van der Waals surface area contributed by atoms with Crippen molar-refractivity contribution in [3.63, 3.8) is 0 Å². The van der Waals surface area contributed by atoms with Gasteiger partial charge in [-0.2, -0.15) is 4.98 Å². The number of aromatic nitrogens is 2. The summed E-state index contributed by atoms with van der Waals surface area (Å²) in [6.07, 6.45) is 3.61. The molecule has 1 atom stereocenters. The van der Waals surface area contributed by atoms with Crippen molar-refractivity contribution in [2.24, 2.45) is 5.92 Å². The van der Waals surface area contributed by atoms with E-state index in [2.05, 4.69) is 26.4 Å². The lowest BCUT2D eigenvalue weighted by Gasteiger charge is -2.30. The average Bonchev–Trinajstić information content (AvgIpc) is 3.31. The third-order valence-electron chi connectivity index (χ3n) is 5.92. The van der Waals surface area contributed by atoms with Crippen LogP contribution in [0.4, 0.5) is 0 Å². The average molecular weight is 469 g/mol. The summed E-state index contributed by atoms with van der Waals surface area (Å²) in [6.45, 7) is 2.80. The summed E-state index contributed by atoms with van der Waals surface area (Å²) >= 11 is 5.94. The minimum Gasteiger partial charge on any atom is -0.496 e. The Hall–Kier alpha value is -2.90. The van der Waals surface area contributed by atoms with E-state index in [4.69, 9.17) is 20.9 Å². The van der Waals surface area contributed by atoms with Gasteiger partial charge in [-0.1, -0.05) is 35.0 Å². The Bertz CT molecular complexity index is 1050. The van der Waals surface area contributed by atoms with Crippen molar-refractivity contribution >= 4 is 17.5 Å². The van der Waals surface area contributed by atoms with Gasteiger partial charge in [-0.15, -0.1) is 0 Å². The maximum absolute atomic E-state index is 12.7. The molecule has 2 aromatic carbocycles. The topological polar surface area (TPSA) is 80.5 Å². The number of carbonyl (C=O) groups is 1. The van der Waals surface area contributed by atoms with E-state index in [1.54, 1.807) is 19.2 Å². The van der Waals surface area contributed by atoms with Gasteiger partial charge in [-0.25, -0.2) is 0 Å². The predicted molar refractivity (Wildman–Crippen MR) is 127 cm³/mol. The molecule has 7 nitrogen and oxygen atoms in total. The molecule has 0 spiro atoms. The lowest BCUT2D eigenvalue weighted by molar-refractivity contribution is -0.126. The van der Waals surface area contributed by atoms with Gasteiger partial charge >= 0.3 is 0 Å². The molecule has 1 N–H and O–H groups in total. The van der Waals surface area contributed by atoms with E-state index < -0.39 is 0 Å². The van der Waals surface area contributed by atoms with Crippen molar-refractivity contribution in [3.8, 4) is 17.1 Å². The fourth-order valence-electron chi connectivity index (χ4n) is 4.18. The molecular weight excluding hydrogens is 440 g/mol. The number of nitrogens with one attached hydrogen (secondary N) is 1. The second-order valence-electron chi connectivity index (χ2n) is 8.30. The Balaban J connectivity index is 1.23. The third-order valence-corrected chi connectivity index (χ3v) is 6.17. The Labute approximate surface area is 199 Å². The van der Waals surface area contributed by atoms with Gasteiger partial charge in [0.1, 0.15) is 5.75 Å². The van der Waals surface area contributed by atoms with Gasteiger partial charge < -0.3 is 14.6 Å². The fourth-order valence-corrected chi connectivity index (χ4v) is 4.31. The van der Waals surface area contributed by atoms with Gasteiger partial charge in [0.15, 0.2) is 0 Å². The molecule has 1 aliphatic heterocycles. The molecule has 1 aromatic heterocycles. The Morgan fingerprint density at radius 1 is 1.24 bits per heavy atom. The van der Waals surface area contributed by atoms with E-state index in [-0.39, 0.29) is 11.8 Å². The molecule has 0 aliphatic carbocycles. The van der Waals surface area contributed by atoms with Crippen LogP contribution < -0.4 is 10.1 Å². The van der Waals surface area contributed by atoms with Crippen LogP contribution in [0.1, 0.15) is 30.7 Å². The molecule has 1 saturated heterocycles. The highest BCUT2D eigenvalue weighted by atomic mass is 35.5. The molecule has 33 heavy (non-hydrogen) atoms. The molecule has 0 radical (unpaired) electrons. The molecule has 1 aliphatic rings.